The lowest BCUT2D eigenvalue weighted by molar-refractivity contribution is 0.112. The quantitative estimate of drug-likeness (QED) is 0.494. The van der Waals surface area contributed by atoms with Crippen LogP contribution < -0.4 is 10.2 Å². The number of H-pyrrole nitrogens is 1. The Kier molecular flexibility index (Phi) is 4.29. The van der Waals surface area contributed by atoms with E-state index in [1.165, 1.54) is 10.7 Å². The van der Waals surface area contributed by atoms with Crippen molar-refractivity contribution >= 4 is 28.6 Å². The third-order valence-corrected chi connectivity index (χ3v) is 6.22. The smallest absolute Gasteiger partial charge is 0.256 e. The number of fused-ring (bicyclic) bond motifs is 2. The molecule has 1 aliphatic heterocycles. The molecule has 2 N–H and O–H groups in total. The first kappa shape index (κ1) is 19.4. The average Bonchev–Trinajstić information content (AvgIpc) is 3.13. The van der Waals surface area contributed by atoms with Gasteiger partial charge in [-0.25, -0.2) is 13.8 Å². The van der Waals surface area contributed by atoms with E-state index in [-0.39, 0.29) is 6.42 Å². The maximum absolute atomic E-state index is 13.8. The van der Waals surface area contributed by atoms with Gasteiger partial charge in [0.2, 0.25) is 11.9 Å². The summed E-state index contributed by atoms with van der Waals surface area (Å²) < 4.78 is 29.2. The van der Waals surface area contributed by atoms with E-state index in [1.807, 2.05) is 24.3 Å². The summed E-state index contributed by atoms with van der Waals surface area (Å²) in [5.74, 6) is -1.79. The number of imidazole rings is 1. The maximum atomic E-state index is 13.8. The number of likely N-dealkylation sites (N-methyl/N-ethyl adjacent to an activating group) is 1. The zero-order valence-electron chi connectivity index (χ0n) is 17.6. The lowest BCUT2D eigenvalue weighted by Crippen LogP contribution is -2.45. The number of para-hydroxylation sites is 2. The van der Waals surface area contributed by atoms with Gasteiger partial charge in [-0.15, -0.1) is 0 Å². The molecule has 6 rings (SSSR count). The minimum absolute atomic E-state index is 0.163. The highest BCUT2D eigenvalue weighted by molar-refractivity contribution is 5.74. The zero-order chi connectivity index (χ0) is 21.9. The van der Waals surface area contributed by atoms with Gasteiger partial charge >= 0.3 is 0 Å². The molecule has 1 saturated carbocycles. The number of aromatic amines is 1. The van der Waals surface area contributed by atoms with Crippen molar-refractivity contribution in [3.63, 3.8) is 0 Å². The van der Waals surface area contributed by atoms with Gasteiger partial charge in [0.15, 0.2) is 5.65 Å². The summed E-state index contributed by atoms with van der Waals surface area (Å²) in [6.45, 7) is 3.72. The second-order valence-electron chi connectivity index (χ2n) is 8.54. The fraction of sp³-hybridized carbons (Fsp3) is 0.429. The Morgan fingerprint density at radius 1 is 1.12 bits per heavy atom. The summed E-state index contributed by atoms with van der Waals surface area (Å²) >= 11 is 0. The highest BCUT2D eigenvalue weighted by Gasteiger charge is 2.59. The first-order chi connectivity index (χ1) is 15.5. The van der Waals surface area contributed by atoms with Gasteiger partial charge in [-0.3, -0.25) is 0 Å². The van der Waals surface area contributed by atoms with Crippen LogP contribution in [0.2, 0.25) is 0 Å². The number of nitrogens with one attached hydrogen (secondary N) is 2. The number of hydrogen-bond acceptors (Lipinski definition) is 7. The average molecular weight is 439 g/mol. The van der Waals surface area contributed by atoms with Crippen molar-refractivity contribution in [3.8, 4) is 0 Å². The monoisotopic (exact) mass is 439 g/mol. The highest BCUT2D eigenvalue weighted by atomic mass is 19.3. The molecule has 1 aliphatic carbocycles. The third kappa shape index (κ3) is 3.32. The molecule has 0 spiro atoms. The van der Waals surface area contributed by atoms with Crippen molar-refractivity contribution < 1.29 is 8.78 Å². The topological polar surface area (TPSA) is 90.3 Å². The van der Waals surface area contributed by atoms with E-state index in [0.717, 1.165) is 43.0 Å². The van der Waals surface area contributed by atoms with Crippen LogP contribution >= 0.6 is 0 Å². The Hall–Kier alpha value is -3.34. The SMILES string of the molecule is CN1CCN(c2nc(NCc3nc4ccccc4[nH]3)n3ncc(C4CC4(F)F)c3n2)CC1. The molecule has 1 aromatic carbocycles. The molecule has 0 radical (unpaired) electrons. The largest absolute Gasteiger partial charge is 0.347 e. The molecule has 4 aromatic rings. The van der Waals surface area contributed by atoms with E-state index in [9.17, 15) is 8.78 Å². The van der Waals surface area contributed by atoms with E-state index in [4.69, 9.17) is 4.98 Å². The molecule has 0 bridgehead atoms. The Labute approximate surface area is 182 Å². The maximum Gasteiger partial charge on any atom is 0.256 e. The van der Waals surface area contributed by atoms with Crippen molar-refractivity contribution in [2.75, 3.05) is 43.4 Å². The normalized spacial score (nSPS) is 20.8. The Bertz CT molecular complexity index is 1260. The summed E-state index contributed by atoms with van der Waals surface area (Å²) in [4.78, 5) is 21.6. The molecule has 1 saturated heterocycles. The number of halogens is 2. The predicted molar refractivity (Wildman–Crippen MR) is 116 cm³/mol. The van der Waals surface area contributed by atoms with Crippen LogP contribution in [0.3, 0.4) is 0 Å². The number of aromatic nitrogens is 6. The van der Waals surface area contributed by atoms with Crippen LogP contribution in [-0.4, -0.2) is 73.6 Å². The summed E-state index contributed by atoms with van der Waals surface area (Å²) in [7, 11) is 2.08. The van der Waals surface area contributed by atoms with Gasteiger partial charge in [0.1, 0.15) is 5.82 Å². The van der Waals surface area contributed by atoms with E-state index in [2.05, 4.69) is 42.2 Å². The number of rotatable bonds is 5. The summed E-state index contributed by atoms with van der Waals surface area (Å²) in [6, 6.07) is 7.80. The van der Waals surface area contributed by atoms with Gasteiger partial charge in [0, 0.05) is 38.2 Å². The zero-order valence-corrected chi connectivity index (χ0v) is 17.6. The standard InChI is InChI=1S/C21H23F2N9/c1-30-6-8-31(9-7-30)20-28-18-13(14-10-21(14,22)23)11-25-32(18)19(29-20)24-12-17-26-15-4-2-3-5-16(15)27-17/h2-5,11,14H,6-10,12H2,1H3,(H,26,27)(H,24,28,29). The number of nitrogens with zero attached hydrogens (tertiary/aromatic N) is 7. The van der Waals surface area contributed by atoms with Crippen molar-refractivity contribution in [1.82, 2.24) is 34.4 Å². The molecule has 9 nitrogen and oxygen atoms in total. The molecule has 2 fully saturated rings. The molecule has 3 aromatic heterocycles. The third-order valence-electron chi connectivity index (χ3n) is 6.22. The van der Waals surface area contributed by atoms with E-state index in [0.29, 0.717) is 29.7 Å². The number of hydrogen-bond donors (Lipinski definition) is 2. The fourth-order valence-corrected chi connectivity index (χ4v) is 4.19. The number of piperazine rings is 1. The van der Waals surface area contributed by atoms with Gasteiger partial charge in [0.25, 0.3) is 5.92 Å². The molecule has 1 unspecified atom stereocenters. The summed E-state index contributed by atoms with van der Waals surface area (Å²) in [5.41, 5.74) is 2.74. The molecule has 32 heavy (non-hydrogen) atoms. The molecule has 0 amide bonds. The highest BCUT2D eigenvalue weighted by Crippen LogP contribution is 2.56. The van der Waals surface area contributed by atoms with E-state index in [1.54, 1.807) is 0 Å². The van der Waals surface area contributed by atoms with Crippen LogP contribution in [-0.2, 0) is 6.54 Å². The first-order valence-corrected chi connectivity index (χ1v) is 10.7. The summed E-state index contributed by atoms with van der Waals surface area (Å²) in [5, 5.41) is 7.61. The van der Waals surface area contributed by atoms with Gasteiger partial charge in [0.05, 0.1) is 29.7 Å². The second kappa shape index (κ2) is 7.09. The van der Waals surface area contributed by atoms with Crippen molar-refractivity contribution in [3.05, 3.63) is 41.9 Å². The number of alkyl halides is 2. The lowest BCUT2D eigenvalue weighted by atomic mass is 10.2. The lowest BCUT2D eigenvalue weighted by Gasteiger charge is -2.32. The number of anilines is 2. The molecule has 2 aliphatic rings. The van der Waals surface area contributed by atoms with Crippen LogP contribution in [0.4, 0.5) is 20.7 Å². The molecular weight excluding hydrogens is 416 g/mol. The van der Waals surface area contributed by atoms with E-state index < -0.39 is 11.8 Å². The molecule has 166 valence electrons. The van der Waals surface area contributed by atoms with Gasteiger partial charge in [-0.2, -0.15) is 19.6 Å². The van der Waals surface area contributed by atoms with E-state index >= 15 is 0 Å². The molecule has 11 heteroatoms. The Morgan fingerprint density at radius 2 is 1.91 bits per heavy atom. The molecule has 4 heterocycles. The van der Waals surface area contributed by atoms with Gasteiger partial charge in [-0.1, -0.05) is 12.1 Å². The molecule has 1 atom stereocenters. The number of benzene rings is 1. The van der Waals surface area contributed by atoms with Gasteiger partial charge in [-0.05, 0) is 19.2 Å². The van der Waals surface area contributed by atoms with Crippen molar-refractivity contribution in [2.24, 2.45) is 0 Å². The first-order valence-electron chi connectivity index (χ1n) is 10.7. The Balaban J connectivity index is 1.35. The minimum Gasteiger partial charge on any atom is -0.347 e. The minimum atomic E-state index is -2.69. The van der Waals surface area contributed by atoms with Crippen molar-refractivity contribution in [2.45, 2.75) is 24.8 Å². The van der Waals surface area contributed by atoms with Crippen LogP contribution in [0.15, 0.2) is 30.5 Å². The predicted octanol–water partition coefficient (Wildman–Crippen LogP) is 2.49. The van der Waals surface area contributed by atoms with Crippen LogP contribution in [0.1, 0.15) is 23.7 Å². The van der Waals surface area contributed by atoms with Crippen LogP contribution in [0.25, 0.3) is 16.7 Å². The van der Waals surface area contributed by atoms with Gasteiger partial charge < -0.3 is 20.1 Å². The molecular formula is C21H23F2N9. The fourth-order valence-electron chi connectivity index (χ4n) is 4.19. The van der Waals surface area contributed by atoms with Crippen LogP contribution in [0, 0.1) is 0 Å². The Morgan fingerprint density at radius 3 is 2.66 bits per heavy atom. The second-order valence-corrected chi connectivity index (χ2v) is 8.54. The summed E-state index contributed by atoms with van der Waals surface area (Å²) in [6.07, 6.45) is 1.33. The van der Waals surface area contributed by atoms with Crippen molar-refractivity contribution in [1.29, 1.82) is 0 Å². The van der Waals surface area contributed by atoms with Crippen LogP contribution in [0.5, 0.6) is 0 Å².